The number of carbonyl (C=O) groups excluding carboxylic acids is 1. The second-order valence-corrected chi connectivity index (χ2v) is 8.84. The molecular formula is C25H25FN8O. The zero-order valence-electron chi connectivity index (χ0n) is 19.4. The van der Waals surface area contributed by atoms with Crippen molar-refractivity contribution < 1.29 is 9.18 Å². The lowest BCUT2D eigenvalue weighted by molar-refractivity contribution is -0.131. The maximum atomic E-state index is 14.1. The van der Waals surface area contributed by atoms with Gasteiger partial charge in [-0.2, -0.15) is 4.52 Å². The number of rotatable bonds is 5. The first kappa shape index (κ1) is 21.5. The third kappa shape index (κ3) is 3.74. The van der Waals surface area contributed by atoms with Gasteiger partial charge in [-0.25, -0.2) is 9.37 Å². The summed E-state index contributed by atoms with van der Waals surface area (Å²) >= 11 is 0. The number of carbonyl (C=O) groups is 1. The molecule has 178 valence electrons. The van der Waals surface area contributed by atoms with Gasteiger partial charge >= 0.3 is 0 Å². The van der Waals surface area contributed by atoms with Crippen LogP contribution in [0.2, 0.25) is 0 Å². The minimum absolute atomic E-state index is 0.117. The fourth-order valence-electron chi connectivity index (χ4n) is 4.90. The maximum absolute atomic E-state index is 14.1. The summed E-state index contributed by atoms with van der Waals surface area (Å²) in [7, 11) is 0. The largest absolute Gasteiger partial charge is 0.366 e. The molecule has 5 aromatic rings. The van der Waals surface area contributed by atoms with Gasteiger partial charge in [0.1, 0.15) is 17.5 Å². The number of hydrogen-bond acceptors (Lipinski definition) is 6. The standard InChI is InChI=1S/C25H25FN8O/c1-17-27-24-18-7-2-4-9-20(18)33-22(28-29-25(33)34(24)30-17)11-6-12-23(35)32-15-13-31(14-16-32)21-10-5-3-8-19(21)26/h2-5,7-10H,6,11-16H2,1H3. The summed E-state index contributed by atoms with van der Waals surface area (Å²) in [5, 5.41) is 14.3. The Balaban J connectivity index is 1.15. The topological polar surface area (TPSA) is 83.9 Å². The van der Waals surface area contributed by atoms with Gasteiger partial charge in [0.05, 0.1) is 11.2 Å². The zero-order chi connectivity index (χ0) is 23.9. The quantitative estimate of drug-likeness (QED) is 0.391. The van der Waals surface area contributed by atoms with Crippen LogP contribution in [0.1, 0.15) is 24.5 Å². The molecule has 3 aromatic heterocycles. The molecule has 0 atom stereocenters. The SMILES string of the molecule is Cc1nc2c3ccccc3n3c(CCCC(=O)N4CCN(c5ccccc5F)CC4)nnc3n2n1. The number of aromatic nitrogens is 6. The summed E-state index contributed by atoms with van der Waals surface area (Å²) in [6.45, 7) is 4.30. The van der Waals surface area contributed by atoms with E-state index in [4.69, 9.17) is 0 Å². The van der Waals surface area contributed by atoms with Crippen LogP contribution in [-0.4, -0.2) is 66.2 Å². The number of hydrogen-bond donors (Lipinski definition) is 0. The molecule has 1 fully saturated rings. The summed E-state index contributed by atoms with van der Waals surface area (Å²) in [4.78, 5) is 21.3. The number of nitrogens with zero attached hydrogens (tertiary/aromatic N) is 8. The molecule has 4 heterocycles. The van der Waals surface area contributed by atoms with Gasteiger partial charge in [0.25, 0.3) is 5.78 Å². The molecule has 1 saturated heterocycles. The van der Waals surface area contributed by atoms with Crippen LogP contribution in [0.25, 0.3) is 22.3 Å². The minimum Gasteiger partial charge on any atom is -0.366 e. The van der Waals surface area contributed by atoms with E-state index in [-0.39, 0.29) is 11.7 Å². The Bertz CT molecular complexity index is 1550. The van der Waals surface area contributed by atoms with Crippen molar-refractivity contribution in [2.24, 2.45) is 0 Å². The van der Waals surface area contributed by atoms with E-state index in [1.54, 1.807) is 16.6 Å². The number of fused-ring (bicyclic) bond motifs is 6. The summed E-state index contributed by atoms with van der Waals surface area (Å²) in [6.07, 6.45) is 1.71. The molecule has 0 bridgehead atoms. The van der Waals surface area contributed by atoms with Crippen molar-refractivity contribution in [3.8, 4) is 0 Å². The normalized spacial score (nSPS) is 14.5. The lowest BCUT2D eigenvalue weighted by Crippen LogP contribution is -2.49. The van der Waals surface area contributed by atoms with Crippen LogP contribution in [-0.2, 0) is 11.2 Å². The Morgan fingerprint density at radius 3 is 2.60 bits per heavy atom. The highest BCUT2D eigenvalue weighted by molar-refractivity contribution is 5.93. The highest BCUT2D eigenvalue weighted by Gasteiger charge is 2.23. The van der Waals surface area contributed by atoms with E-state index >= 15 is 0 Å². The van der Waals surface area contributed by atoms with Crippen LogP contribution in [0.5, 0.6) is 0 Å². The Morgan fingerprint density at radius 2 is 1.77 bits per heavy atom. The molecule has 0 spiro atoms. The molecule has 0 unspecified atom stereocenters. The number of aryl methyl sites for hydroxylation is 2. The van der Waals surface area contributed by atoms with Crippen LogP contribution in [0.15, 0.2) is 48.5 Å². The van der Waals surface area contributed by atoms with Gasteiger partial charge in [-0.3, -0.25) is 9.20 Å². The van der Waals surface area contributed by atoms with Crippen molar-refractivity contribution in [1.29, 1.82) is 0 Å². The van der Waals surface area contributed by atoms with Crippen LogP contribution >= 0.6 is 0 Å². The molecule has 1 amide bonds. The number of amides is 1. The number of piperazine rings is 1. The van der Waals surface area contributed by atoms with Gasteiger partial charge in [-0.1, -0.05) is 24.3 Å². The monoisotopic (exact) mass is 472 g/mol. The molecule has 35 heavy (non-hydrogen) atoms. The second kappa shape index (κ2) is 8.61. The lowest BCUT2D eigenvalue weighted by atomic mass is 10.2. The van der Waals surface area contributed by atoms with Crippen LogP contribution < -0.4 is 4.90 Å². The van der Waals surface area contributed by atoms with Crippen molar-refractivity contribution >= 4 is 33.9 Å². The third-order valence-electron chi connectivity index (χ3n) is 6.62. The molecule has 0 aliphatic carbocycles. The first-order chi connectivity index (χ1) is 17.1. The molecule has 0 radical (unpaired) electrons. The van der Waals surface area contributed by atoms with Crippen LogP contribution in [0.3, 0.4) is 0 Å². The molecular weight excluding hydrogens is 447 g/mol. The van der Waals surface area contributed by atoms with E-state index in [2.05, 4.69) is 20.3 Å². The molecule has 1 aliphatic heterocycles. The van der Waals surface area contributed by atoms with E-state index in [0.29, 0.717) is 62.7 Å². The Morgan fingerprint density at radius 1 is 1.00 bits per heavy atom. The fourth-order valence-corrected chi connectivity index (χ4v) is 4.90. The summed E-state index contributed by atoms with van der Waals surface area (Å²) in [5.74, 6) is 1.98. The molecule has 1 aliphatic rings. The van der Waals surface area contributed by atoms with Crippen molar-refractivity contribution in [2.75, 3.05) is 31.1 Å². The second-order valence-electron chi connectivity index (χ2n) is 8.84. The highest BCUT2D eigenvalue weighted by atomic mass is 19.1. The van der Waals surface area contributed by atoms with Crippen molar-refractivity contribution in [2.45, 2.75) is 26.2 Å². The number of para-hydroxylation sites is 2. The van der Waals surface area contributed by atoms with Gasteiger partial charge < -0.3 is 9.80 Å². The zero-order valence-corrected chi connectivity index (χ0v) is 19.4. The van der Waals surface area contributed by atoms with Crippen LogP contribution in [0, 0.1) is 12.7 Å². The highest BCUT2D eigenvalue weighted by Crippen LogP contribution is 2.23. The van der Waals surface area contributed by atoms with Gasteiger partial charge in [-0.05, 0) is 37.6 Å². The average Bonchev–Trinajstić information content (AvgIpc) is 3.48. The molecule has 6 rings (SSSR count). The Hall–Kier alpha value is -4.08. The van der Waals surface area contributed by atoms with Gasteiger partial charge in [0.15, 0.2) is 5.65 Å². The molecule has 10 heteroatoms. The fraction of sp³-hybridized carbons (Fsp3) is 0.320. The maximum Gasteiger partial charge on any atom is 0.258 e. The van der Waals surface area contributed by atoms with Gasteiger partial charge in [-0.15, -0.1) is 15.3 Å². The third-order valence-corrected chi connectivity index (χ3v) is 6.62. The molecule has 0 N–H and O–H groups in total. The Kier molecular flexibility index (Phi) is 5.28. The van der Waals surface area contributed by atoms with E-state index in [9.17, 15) is 9.18 Å². The molecule has 0 saturated carbocycles. The predicted molar refractivity (Wildman–Crippen MR) is 130 cm³/mol. The smallest absolute Gasteiger partial charge is 0.258 e. The number of anilines is 1. The van der Waals surface area contributed by atoms with Crippen molar-refractivity contribution in [3.63, 3.8) is 0 Å². The van der Waals surface area contributed by atoms with E-state index in [0.717, 1.165) is 22.4 Å². The van der Waals surface area contributed by atoms with Crippen molar-refractivity contribution in [1.82, 2.24) is 34.1 Å². The van der Waals surface area contributed by atoms with Gasteiger partial charge in [0.2, 0.25) is 5.91 Å². The number of benzene rings is 2. The lowest BCUT2D eigenvalue weighted by Gasteiger charge is -2.36. The van der Waals surface area contributed by atoms with E-state index in [1.807, 2.05) is 51.5 Å². The number of halogens is 1. The minimum atomic E-state index is -0.223. The average molecular weight is 473 g/mol. The summed E-state index contributed by atoms with van der Waals surface area (Å²) in [6, 6.07) is 14.8. The molecule has 9 nitrogen and oxygen atoms in total. The molecule has 2 aromatic carbocycles. The van der Waals surface area contributed by atoms with E-state index in [1.165, 1.54) is 6.07 Å². The Labute approximate surface area is 200 Å². The predicted octanol–water partition coefficient (Wildman–Crippen LogP) is 3.04. The summed E-state index contributed by atoms with van der Waals surface area (Å²) in [5.41, 5.74) is 2.33. The first-order valence-electron chi connectivity index (χ1n) is 11.9. The van der Waals surface area contributed by atoms with Crippen molar-refractivity contribution in [3.05, 3.63) is 66.0 Å². The summed E-state index contributed by atoms with van der Waals surface area (Å²) < 4.78 is 17.8. The first-order valence-corrected chi connectivity index (χ1v) is 11.9. The van der Waals surface area contributed by atoms with E-state index < -0.39 is 0 Å². The van der Waals surface area contributed by atoms with Gasteiger partial charge in [0, 0.05) is 44.4 Å². The van der Waals surface area contributed by atoms with Crippen LogP contribution in [0.4, 0.5) is 10.1 Å².